The van der Waals surface area contributed by atoms with E-state index in [1.807, 2.05) is 38.5 Å². The van der Waals surface area contributed by atoms with Crippen molar-refractivity contribution < 1.29 is 4.74 Å². The van der Waals surface area contributed by atoms with Crippen molar-refractivity contribution in [3.05, 3.63) is 30.6 Å². The van der Waals surface area contributed by atoms with Crippen molar-refractivity contribution in [1.29, 1.82) is 0 Å². The number of rotatable bonds is 7. The zero-order chi connectivity index (χ0) is 19.3. The fraction of sp³-hybridized carbons (Fsp3) is 0.421. The fourth-order valence-corrected chi connectivity index (χ4v) is 3.13. The number of H-pyrrole nitrogens is 1. The van der Waals surface area contributed by atoms with Gasteiger partial charge in [0, 0.05) is 56.9 Å². The Morgan fingerprint density at radius 3 is 2.89 bits per heavy atom. The Morgan fingerprint density at radius 2 is 2.07 bits per heavy atom. The highest BCUT2D eigenvalue weighted by Gasteiger charge is 2.13. The minimum atomic E-state index is 0.458. The van der Waals surface area contributed by atoms with E-state index in [-0.39, 0.29) is 0 Å². The maximum Gasteiger partial charge on any atom is 0.233 e. The Balaban J connectivity index is 1.54. The van der Waals surface area contributed by atoms with Crippen molar-refractivity contribution in [2.45, 2.75) is 0 Å². The SMILES string of the molecule is CN(C)CCOc1nc(Nc2cc(N3CCNCC3)ccn2)nc2[nH]ccc12. The van der Waals surface area contributed by atoms with Crippen LogP contribution in [0.4, 0.5) is 17.5 Å². The highest BCUT2D eigenvalue weighted by molar-refractivity contribution is 5.82. The Hall–Kier alpha value is -2.91. The van der Waals surface area contributed by atoms with Gasteiger partial charge < -0.3 is 30.2 Å². The van der Waals surface area contributed by atoms with E-state index < -0.39 is 0 Å². The Kier molecular flexibility index (Phi) is 5.54. The molecule has 4 rings (SSSR count). The van der Waals surface area contributed by atoms with Crippen molar-refractivity contribution in [2.24, 2.45) is 0 Å². The van der Waals surface area contributed by atoms with Crippen LogP contribution in [-0.2, 0) is 0 Å². The number of likely N-dealkylation sites (N-methyl/N-ethyl adjacent to an activating group) is 1. The van der Waals surface area contributed by atoms with E-state index in [1.165, 1.54) is 0 Å². The first-order chi connectivity index (χ1) is 13.7. The number of fused-ring (bicyclic) bond motifs is 1. The van der Waals surface area contributed by atoms with Crippen LogP contribution in [-0.4, -0.2) is 78.3 Å². The third-order valence-electron chi connectivity index (χ3n) is 4.62. The molecule has 3 aromatic heterocycles. The van der Waals surface area contributed by atoms with Gasteiger partial charge in [0.05, 0.1) is 5.39 Å². The molecule has 28 heavy (non-hydrogen) atoms. The lowest BCUT2D eigenvalue weighted by atomic mass is 10.3. The molecule has 0 aliphatic carbocycles. The molecular formula is C19H26N8O. The maximum absolute atomic E-state index is 5.90. The second-order valence-corrected chi connectivity index (χ2v) is 7.01. The summed E-state index contributed by atoms with van der Waals surface area (Å²) in [5.41, 5.74) is 1.87. The number of aromatic amines is 1. The van der Waals surface area contributed by atoms with Crippen LogP contribution in [0, 0.1) is 0 Å². The molecular weight excluding hydrogens is 356 g/mol. The topological polar surface area (TPSA) is 94.2 Å². The Morgan fingerprint density at radius 1 is 1.21 bits per heavy atom. The Labute approximate surface area is 164 Å². The van der Waals surface area contributed by atoms with Crippen LogP contribution in [0.3, 0.4) is 0 Å². The van der Waals surface area contributed by atoms with Gasteiger partial charge in [0.15, 0.2) is 0 Å². The van der Waals surface area contributed by atoms with Crippen molar-refractivity contribution in [2.75, 3.05) is 63.6 Å². The molecule has 148 valence electrons. The van der Waals surface area contributed by atoms with Gasteiger partial charge in [0.1, 0.15) is 18.1 Å². The predicted molar refractivity (Wildman–Crippen MR) is 111 cm³/mol. The minimum Gasteiger partial charge on any atom is -0.476 e. The molecule has 9 nitrogen and oxygen atoms in total. The third-order valence-corrected chi connectivity index (χ3v) is 4.62. The highest BCUT2D eigenvalue weighted by Crippen LogP contribution is 2.25. The smallest absolute Gasteiger partial charge is 0.233 e. The fourth-order valence-electron chi connectivity index (χ4n) is 3.13. The van der Waals surface area contributed by atoms with Gasteiger partial charge in [-0.05, 0) is 26.2 Å². The largest absolute Gasteiger partial charge is 0.476 e. The lowest BCUT2D eigenvalue weighted by molar-refractivity contribution is 0.256. The van der Waals surface area contributed by atoms with E-state index in [4.69, 9.17) is 4.74 Å². The molecule has 3 aromatic rings. The number of hydrogen-bond donors (Lipinski definition) is 3. The summed E-state index contributed by atoms with van der Waals surface area (Å²) in [5.74, 6) is 1.73. The van der Waals surface area contributed by atoms with E-state index in [1.54, 1.807) is 6.20 Å². The zero-order valence-electron chi connectivity index (χ0n) is 16.3. The van der Waals surface area contributed by atoms with Crippen LogP contribution in [0.5, 0.6) is 5.88 Å². The molecule has 4 heterocycles. The quantitative estimate of drug-likeness (QED) is 0.565. The summed E-state index contributed by atoms with van der Waals surface area (Å²) < 4.78 is 5.90. The summed E-state index contributed by atoms with van der Waals surface area (Å²) in [6, 6.07) is 5.98. The van der Waals surface area contributed by atoms with Gasteiger partial charge in [-0.2, -0.15) is 9.97 Å². The van der Waals surface area contributed by atoms with Gasteiger partial charge >= 0.3 is 0 Å². The van der Waals surface area contributed by atoms with Crippen molar-refractivity contribution in [3.63, 3.8) is 0 Å². The van der Waals surface area contributed by atoms with E-state index >= 15 is 0 Å². The lowest BCUT2D eigenvalue weighted by Crippen LogP contribution is -2.43. The number of aromatic nitrogens is 4. The van der Waals surface area contributed by atoms with E-state index in [0.717, 1.165) is 49.4 Å². The molecule has 0 bridgehead atoms. The first kappa shape index (κ1) is 18.5. The van der Waals surface area contributed by atoms with Gasteiger partial charge in [-0.1, -0.05) is 0 Å². The standard InChI is InChI=1S/C19H26N8O/c1-26(2)11-12-28-18-15-4-6-22-17(15)24-19(25-18)23-16-13-14(3-5-21-16)27-9-7-20-8-10-27/h3-6,13,20H,7-12H2,1-2H3,(H2,21,22,23,24,25). The molecule has 0 aromatic carbocycles. The summed E-state index contributed by atoms with van der Waals surface area (Å²) in [5, 5.41) is 7.46. The van der Waals surface area contributed by atoms with Crippen LogP contribution in [0.25, 0.3) is 11.0 Å². The van der Waals surface area contributed by atoms with Gasteiger partial charge in [-0.25, -0.2) is 4.98 Å². The summed E-state index contributed by atoms with van der Waals surface area (Å²) in [4.78, 5) is 21.1. The second kappa shape index (κ2) is 8.41. The first-order valence-corrected chi connectivity index (χ1v) is 9.50. The van der Waals surface area contributed by atoms with Crippen molar-refractivity contribution in [3.8, 4) is 5.88 Å². The molecule has 1 aliphatic heterocycles. The molecule has 0 amide bonds. The highest BCUT2D eigenvalue weighted by atomic mass is 16.5. The van der Waals surface area contributed by atoms with Gasteiger partial charge in [-0.3, -0.25) is 0 Å². The average Bonchev–Trinajstić information content (AvgIpc) is 3.17. The maximum atomic E-state index is 5.90. The lowest BCUT2D eigenvalue weighted by Gasteiger charge is -2.29. The molecule has 1 saturated heterocycles. The predicted octanol–water partition coefficient (Wildman–Crippen LogP) is 1.45. The number of ether oxygens (including phenoxy) is 1. The van der Waals surface area contributed by atoms with Crippen LogP contribution in [0.15, 0.2) is 30.6 Å². The summed E-state index contributed by atoms with van der Waals surface area (Å²) in [6.45, 7) is 5.32. The van der Waals surface area contributed by atoms with Gasteiger partial charge in [0.25, 0.3) is 0 Å². The second-order valence-electron chi connectivity index (χ2n) is 7.01. The number of nitrogens with one attached hydrogen (secondary N) is 3. The Bertz CT molecular complexity index is 919. The summed E-state index contributed by atoms with van der Waals surface area (Å²) in [7, 11) is 4.03. The molecule has 0 spiro atoms. The summed E-state index contributed by atoms with van der Waals surface area (Å²) in [6.07, 6.45) is 3.65. The monoisotopic (exact) mass is 382 g/mol. The number of pyridine rings is 1. The number of anilines is 3. The molecule has 1 fully saturated rings. The molecule has 0 unspecified atom stereocenters. The zero-order valence-corrected chi connectivity index (χ0v) is 16.3. The van der Waals surface area contributed by atoms with Gasteiger partial charge in [0.2, 0.25) is 11.8 Å². The average molecular weight is 382 g/mol. The molecule has 0 saturated carbocycles. The van der Waals surface area contributed by atoms with E-state index in [9.17, 15) is 0 Å². The van der Waals surface area contributed by atoms with Crippen LogP contribution in [0.1, 0.15) is 0 Å². The molecule has 0 radical (unpaired) electrons. The number of hydrogen-bond acceptors (Lipinski definition) is 8. The number of nitrogens with zero attached hydrogens (tertiary/aromatic N) is 5. The third kappa shape index (κ3) is 4.32. The van der Waals surface area contributed by atoms with Gasteiger partial charge in [-0.15, -0.1) is 0 Å². The first-order valence-electron chi connectivity index (χ1n) is 9.50. The van der Waals surface area contributed by atoms with E-state index in [0.29, 0.717) is 24.3 Å². The van der Waals surface area contributed by atoms with E-state index in [2.05, 4.69) is 40.4 Å². The minimum absolute atomic E-state index is 0.458. The van der Waals surface area contributed by atoms with Crippen LogP contribution < -0.4 is 20.3 Å². The molecule has 1 aliphatic rings. The van der Waals surface area contributed by atoms with Crippen molar-refractivity contribution in [1.82, 2.24) is 30.2 Å². The molecule has 9 heteroatoms. The van der Waals surface area contributed by atoms with Crippen LogP contribution in [0.2, 0.25) is 0 Å². The molecule has 3 N–H and O–H groups in total. The normalized spacial score (nSPS) is 14.6. The van der Waals surface area contributed by atoms with Crippen LogP contribution >= 0.6 is 0 Å². The molecule has 0 atom stereocenters. The van der Waals surface area contributed by atoms with Crippen molar-refractivity contribution >= 4 is 28.5 Å². The summed E-state index contributed by atoms with van der Waals surface area (Å²) >= 11 is 0. The number of piperazine rings is 1.